The summed E-state index contributed by atoms with van der Waals surface area (Å²) in [7, 11) is -29.8. The van der Waals surface area contributed by atoms with E-state index in [0.29, 0.717) is 30.2 Å². The molecule has 0 aliphatic heterocycles. The second-order valence-corrected chi connectivity index (χ2v) is 24.0. The first-order valence-electron chi connectivity index (χ1n) is 18.2. The van der Waals surface area contributed by atoms with E-state index in [4.69, 9.17) is 30.7 Å². The molecule has 0 heterocycles. The minimum absolute atomic E-state index is 0.0290. The number of nitrogen functional groups attached to an aromatic ring is 2. The summed E-state index contributed by atoms with van der Waals surface area (Å²) in [6.45, 7) is -1.71. The van der Waals surface area contributed by atoms with Crippen molar-refractivity contribution < 1.29 is 106 Å². The van der Waals surface area contributed by atoms with Crippen LogP contribution in [0.2, 0.25) is 0 Å². The number of hydrogen-bond donors (Lipinski definition) is 8. The molecule has 5 aromatic carbocycles. The molecule has 0 spiro atoms. The quantitative estimate of drug-likeness (QED) is 0.00689. The van der Waals surface area contributed by atoms with E-state index >= 15 is 0 Å². The summed E-state index contributed by atoms with van der Waals surface area (Å²) in [6, 6.07) is 11.1. The molecular weight excluding hydrogens is 1140 g/mol. The Morgan fingerprint density at radius 1 is 0.514 bits per heavy atom. The third-order valence-corrected chi connectivity index (χ3v) is 16.2. The molecule has 5 rings (SSSR count). The number of sulfone groups is 2. The third-order valence-electron chi connectivity index (χ3n) is 8.73. The summed E-state index contributed by atoms with van der Waals surface area (Å²) in [4.78, 5) is -4.45. The van der Waals surface area contributed by atoms with Crippen LogP contribution in [0, 0.1) is 0 Å². The van der Waals surface area contributed by atoms with E-state index in [1.807, 2.05) is 0 Å². The van der Waals surface area contributed by atoms with Crippen LogP contribution in [0.3, 0.4) is 0 Å². The monoisotopic (exact) mass is 1170 g/mol. The van der Waals surface area contributed by atoms with Crippen molar-refractivity contribution in [2.75, 3.05) is 36.2 Å². The van der Waals surface area contributed by atoms with Gasteiger partial charge in [0.2, 0.25) is 0 Å². The van der Waals surface area contributed by atoms with Crippen LogP contribution < -0.4 is 11.5 Å². The summed E-state index contributed by atoms with van der Waals surface area (Å²) in [6.07, 6.45) is 0. The van der Waals surface area contributed by atoms with Gasteiger partial charge in [0.05, 0.1) is 63.6 Å². The topological polar surface area (TPSA) is 508 Å². The Labute approximate surface area is 414 Å². The van der Waals surface area contributed by atoms with E-state index < -0.39 is 149 Å². The Hall–Kier alpha value is -5.32. The lowest BCUT2D eigenvalue weighted by Gasteiger charge is -2.11. The average Bonchev–Trinajstić information content (AvgIpc) is 3.28. The number of azo groups is 3. The van der Waals surface area contributed by atoms with Gasteiger partial charge in [0.1, 0.15) is 43.1 Å². The Morgan fingerprint density at radius 3 is 1.53 bits per heavy atom. The van der Waals surface area contributed by atoms with Crippen LogP contribution >= 0.6 is 24.4 Å². The van der Waals surface area contributed by atoms with Crippen LogP contribution in [0.5, 0.6) is 0 Å². The smallest absolute Gasteiger partial charge is 0.395 e. The van der Waals surface area contributed by atoms with Gasteiger partial charge in [-0.1, -0.05) is 22.2 Å². The summed E-state index contributed by atoms with van der Waals surface area (Å²) >= 11 is 0.457. The van der Waals surface area contributed by atoms with Gasteiger partial charge in [-0.3, -0.25) is 22.4 Å². The van der Waals surface area contributed by atoms with Crippen LogP contribution in [-0.2, 0) is 87.5 Å². The number of anilines is 2. The molecule has 0 amide bonds. The van der Waals surface area contributed by atoms with Gasteiger partial charge in [0, 0.05) is 15.7 Å². The number of nitrogens with two attached hydrogens (primary N) is 2. The van der Waals surface area contributed by atoms with Crippen molar-refractivity contribution in [3.05, 3.63) is 72.8 Å². The molecule has 0 fully saturated rings. The Balaban J connectivity index is 1.69. The molecule has 72 heavy (non-hydrogen) atoms. The average molecular weight is 1170 g/mol. The van der Waals surface area contributed by atoms with E-state index in [9.17, 15) is 64.2 Å². The van der Waals surface area contributed by atoms with Crippen molar-refractivity contribution in [3.63, 3.8) is 0 Å². The summed E-state index contributed by atoms with van der Waals surface area (Å²) in [5.74, 6) is -1.93. The van der Waals surface area contributed by atoms with Crippen molar-refractivity contribution in [3.8, 4) is 0 Å². The largest absolute Gasteiger partial charge is 0.397 e. The highest BCUT2D eigenvalue weighted by Gasteiger charge is 2.26. The molecule has 0 atom stereocenters. The molecule has 390 valence electrons. The van der Waals surface area contributed by atoms with Crippen molar-refractivity contribution in [2.24, 2.45) is 30.7 Å². The van der Waals surface area contributed by atoms with Gasteiger partial charge < -0.3 is 11.5 Å². The predicted molar refractivity (Wildman–Crippen MR) is 245 cm³/mol. The molecule has 0 saturated heterocycles. The SMILES string of the molecule is Nc1c(/N=N/c2cc(S(=O)(=O)O)c3cccc(SOOO)c3c2)cc(/N=N/c2ccc(S(=O)(=O)CCOSOOO)cc2S(=O)(=O)O)c(N)c1/N=N/c1ccc(S(=O)(=O)CCOS(=O)(=O)O)cc1S(=O)(=O)O. The maximum Gasteiger partial charge on any atom is 0.397 e. The Morgan fingerprint density at radius 2 is 1.01 bits per heavy atom. The van der Waals surface area contributed by atoms with Gasteiger partial charge in [0.15, 0.2) is 32.0 Å². The van der Waals surface area contributed by atoms with Gasteiger partial charge in [0.25, 0.3) is 30.4 Å². The van der Waals surface area contributed by atoms with Crippen LogP contribution in [0.4, 0.5) is 45.5 Å². The fourth-order valence-electron chi connectivity index (χ4n) is 5.62. The Bertz CT molecular complexity index is 3700. The normalized spacial score (nSPS) is 13.3. The van der Waals surface area contributed by atoms with E-state index in [-0.39, 0.29) is 33.7 Å². The summed E-state index contributed by atoms with van der Waals surface area (Å²) < 4.78 is 204. The fourth-order valence-corrected chi connectivity index (χ4v) is 11.2. The van der Waals surface area contributed by atoms with E-state index in [0.717, 1.165) is 30.3 Å². The second-order valence-electron chi connectivity index (χ2n) is 13.3. The van der Waals surface area contributed by atoms with Crippen molar-refractivity contribution >= 4 is 141 Å². The van der Waals surface area contributed by atoms with E-state index in [1.165, 1.54) is 24.3 Å². The Kier molecular flexibility index (Phi) is 18.6. The maximum absolute atomic E-state index is 12.9. The molecule has 10 N–H and O–H groups in total. The predicted octanol–water partition coefficient (Wildman–Crippen LogP) is 5.79. The first-order valence-corrected chi connectivity index (χ1v) is 28.6. The van der Waals surface area contributed by atoms with Gasteiger partial charge in [-0.25, -0.2) is 31.5 Å². The molecule has 0 bridgehead atoms. The lowest BCUT2D eigenvalue weighted by molar-refractivity contribution is -0.434. The van der Waals surface area contributed by atoms with Gasteiger partial charge >= 0.3 is 10.4 Å². The highest BCUT2D eigenvalue weighted by atomic mass is 32.3. The van der Waals surface area contributed by atoms with Crippen molar-refractivity contribution in [2.45, 2.75) is 29.4 Å². The summed E-state index contributed by atoms with van der Waals surface area (Å²) in [5, 5.41) is 46.9. The summed E-state index contributed by atoms with van der Waals surface area (Å²) in [5.41, 5.74) is 7.81. The zero-order valence-electron chi connectivity index (χ0n) is 34.9. The van der Waals surface area contributed by atoms with Gasteiger partial charge in [-0.2, -0.15) is 38.8 Å². The molecule has 0 aromatic heterocycles. The molecular formula is C32H30N8O24S8. The highest BCUT2D eigenvalue weighted by molar-refractivity contribution is 7.95. The maximum atomic E-state index is 12.9. The minimum Gasteiger partial charge on any atom is -0.395 e. The van der Waals surface area contributed by atoms with Crippen LogP contribution in [0.1, 0.15) is 0 Å². The first-order chi connectivity index (χ1) is 33.5. The van der Waals surface area contributed by atoms with E-state index in [2.05, 4.69) is 53.6 Å². The lowest BCUT2D eigenvalue weighted by Crippen LogP contribution is -2.16. The molecule has 0 saturated carbocycles. The molecule has 5 aromatic rings. The standard InChI is InChI=1S/C32H30N8O24S8/c33-30-24(38-35-17-12-21-20(27(13-17)69(47,48)49)2-1-3-26(21)65-63-61-41)16-25(39-36-22-6-4-18(14-28(22)70(50,51)52)67(43,44)10-8-59-66-64-62-42)31(34)32(30)40-37-23-7-5-19(15-29(23)71(53,54)55)68(45,46)11-9-60-72(56,57)58/h1-7,12-16,41-42H,8-11,33-34H2,(H,47,48,49)(H,50,51,52)(H,53,54,55)(H,56,57,58)/b38-35+,39-36+,40-37+. The van der Waals surface area contributed by atoms with E-state index in [1.54, 1.807) is 0 Å². The molecule has 0 radical (unpaired) electrons. The highest BCUT2D eigenvalue weighted by Crippen LogP contribution is 2.46. The van der Waals surface area contributed by atoms with Gasteiger partial charge in [-0.15, -0.1) is 34.2 Å². The van der Waals surface area contributed by atoms with Crippen LogP contribution in [-0.4, -0.2) is 104 Å². The van der Waals surface area contributed by atoms with Gasteiger partial charge in [-0.05, 0) is 60.7 Å². The number of rotatable bonds is 24. The number of nitrogens with zero attached hydrogens (tertiary/aromatic N) is 6. The van der Waals surface area contributed by atoms with Crippen molar-refractivity contribution in [1.29, 1.82) is 0 Å². The third kappa shape index (κ3) is 15.1. The number of benzene rings is 5. The molecule has 40 heteroatoms. The molecule has 0 aliphatic carbocycles. The fraction of sp³-hybridized carbons (Fsp3) is 0.125. The first kappa shape index (κ1) is 57.6. The molecule has 0 unspecified atom stereocenters. The lowest BCUT2D eigenvalue weighted by atomic mass is 10.1. The van der Waals surface area contributed by atoms with Crippen molar-refractivity contribution in [1.82, 2.24) is 0 Å². The number of hydrogen-bond acceptors (Lipinski definition) is 30. The molecule has 0 aliphatic rings. The van der Waals surface area contributed by atoms with Crippen LogP contribution in [0.15, 0.2) is 133 Å². The van der Waals surface area contributed by atoms with Crippen LogP contribution in [0.25, 0.3) is 10.8 Å². The zero-order chi connectivity index (χ0) is 53.5. The number of fused-ring (bicyclic) bond motifs is 1. The molecule has 32 nitrogen and oxygen atoms in total. The second kappa shape index (κ2) is 23.3. The minimum atomic E-state index is -5.39. The zero-order valence-corrected chi connectivity index (χ0v) is 41.4.